The topological polar surface area (TPSA) is 47.4 Å². The minimum absolute atomic E-state index is 0.0502. The molecule has 0 radical (unpaired) electrons. The number of rotatable bonds is 3. The van der Waals surface area contributed by atoms with E-state index in [1.54, 1.807) is 6.20 Å². The van der Waals surface area contributed by atoms with Crippen LogP contribution in [0.4, 0.5) is 0 Å². The van der Waals surface area contributed by atoms with Gasteiger partial charge in [-0.25, -0.2) is 4.68 Å². The van der Waals surface area contributed by atoms with Crippen LogP contribution in [0.15, 0.2) is 36.5 Å². The zero-order chi connectivity index (χ0) is 15.5. The van der Waals surface area contributed by atoms with Crippen LogP contribution in [-0.2, 0) is 11.2 Å². The van der Waals surface area contributed by atoms with Gasteiger partial charge in [0.2, 0.25) is 0 Å². The molecule has 1 saturated heterocycles. The molecule has 2 heterocycles. The van der Waals surface area contributed by atoms with Crippen molar-refractivity contribution in [3.05, 3.63) is 47.8 Å². The molecule has 2 aromatic rings. The van der Waals surface area contributed by atoms with E-state index in [-0.39, 0.29) is 12.0 Å². The fourth-order valence-corrected chi connectivity index (χ4v) is 2.86. The number of morpholine rings is 1. The fraction of sp³-hybridized carbons (Fsp3) is 0.412. The normalized spacial score (nSPS) is 18.5. The molecule has 1 atom stereocenters. The smallest absolute Gasteiger partial charge is 0.257 e. The molecule has 0 bridgehead atoms. The molecular weight excluding hydrogens is 278 g/mol. The van der Waals surface area contributed by atoms with E-state index in [0.717, 1.165) is 17.8 Å². The van der Waals surface area contributed by atoms with Gasteiger partial charge in [0.25, 0.3) is 5.91 Å². The number of amides is 1. The van der Waals surface area contributed by atoms with Gasteiger partial charge in [-0.05, 0) is 25.5 Å². The largest absolute Gasteiger partial charge is 0.375 e. The maximum absolute atomic E-state index is 12.8. The van der Waals surface area contributed by atoms with E-state index in [9.17, 15) is 4.79 Å². The molecule has 1 fully saturated rings. The minimum atomic E-state index is 0.0502. The molecule has 0 aliphatic carbocycles. The van der Waals surface area contributed by atoms with Gasteiger partial charge in [0.1, 0.15) is 0 Å². The number of carbonyl (C=O) groups is 1. The lowest BCUT2D eigenvalue weighted by Crippen LogP contribution is -2.44. The second-order valence-corrected chi connectivity index (χ2v) is 5.54. The van der Waals surface area contributed by atoms with E-state index >= 15 is 0 Å². The fourth-order valence-electron chi connectivity index (χ4n) is 2.86. The zero-order valence-electron chi connectivity index (χ0n) is 13.0. The number of para-hydroxylation sites is 1. The lowest BCUT2D eigenvalue weighted by molar-refractivity contribution is -0.0124. The lowest BCUT2D eigenvalue weighted by atomic mass is 10.1. The van der Waals surface area contributed by atoms with Gasteiger partial charge in [-0.3, -0.25) is 4.79 Å². The highest BCUT2D eigenvalue weighted by Gasteiger charge is 2.26. The van der Waals surface area contributed by atoms with Gasteiger partial charge in [-0.15, -0.1) is 0 Å². The van der Waals surface area contributed by atoms with Crippen LogP contribution in [0.25, 0.3) is 5.69 Å². The summed E-state index contributed by atoms with van der Waals surface area (Å²) in [6.45, 7) is 5.92. The highest BCUT2D eigenvalue weighted by molar-refractivity contribution is 5.95. The van der Waals surface area contributed by atoms with Gasteiger partial charge in [0, 0.05) is 13.1 Å². The number of hydrogen-bond acceptors (Lipinski definition) is 3. The first-order valence-corrected chi connectivity index (χ1v) is 7.74. The molecule has 1 aliphatic heterocycles. The number of hydrogen-bond donors (Lipinski definition) is 0. The predicted molar refractivity (Wildman–Crippen MR) is 84.3 cm³/mol. The molecule has 0 spiro atoms. The van der Waals surface area contributed by atoms with Crippen molar-refractivity contribution in [3.8, 4) is 5.69 Å². The number of nitrogens with zero attached hydrogens (tertiary/aromatic N) is 3. The van der Waals surface area contributed by atoms with Crippen LogP contribution in [-0.4, -0.2) is 46.4 Å². The van der Waals surface area contributed by atoms with Crippen LogP contribution in [0.3, 0.4) is 0 Å². The summed E-state index contributed by atoms with van der Waals surface area (Å²) >= 11 is 0. The van der Waals surface area contributed by atoms with Gasteiger partial charge in [0.15, 0.2) is 0 Å². The van der Waals surface area contributed by atoms with Crippen LogP contribution in [0.2, 0.25) is 0 Å². The van der Waals surface area contributed by atoms with Crippen molar-refractivity contribution in [2.24, 2.45) is 0 Å². The minimum Gasteiger partial charge on any atom is -0.375 e. The first kappa shape index (κ1) is 14.8. The van der Waals surface area contributed by atoms with Gasteiger partial charge >= 0.3 is 0 Å². The molecule has 22 heavy (non-hydrogen) atoms. The molecule has 116 valence electrons. The average molecular weight is 299 g/mol. The maximum atomic E-state index is 12.8. The van der Waals surface area contributed by atoms with Gasteiger partial charge in [-0.2, -0.15) is 5.10 Å². The average Bonchev–Trinajstić information content (AvgIpc) is 2.98. The van der Waals surface area contributed by atoms with Crippen LogP contribution in [0.5, 0.6) is 0 Å². The summed E-state index contributed by atoms with van der Waals surface area (Å²) in [6, 6.07) is 9.91. The molecule has 0 saturated carbocycles. The summed E-state index contributed by atoms with van der Waals surface area (Å²) < 4.78 is 7.37. The Morgan fingerprint density at radius 2 is 2.14 bits per heavy atom. The Morgan fingerprint density at radius 1 is 1.36 bits per heavy atom. The Balaban J connectivity index is 1.91. The van der Waals surface area contributed by atoms with Crippen molar-refractivity contribution in [2.45, 2.75) is 26.4 Å². The molecular formula is C17H21N3O2. The molecule has 0 N–H and O–H groups in total. The van der Waals surface area contributed by atoms with Gasteiger partial charge < -0.3 is 9.64 Å². The van der Waals surface area contributed by atoms with E-state index in [4.69, 9.17) is 4.74 Å². The van der Waals surface area contributed by atoms with Crippen molar-refractivity contribution in [1.29, 1.82) is 0 Å². The van der Waals surface area contributed by atoms with E-state index in [2.05, 4.69) is 12.0 Å². The summed E-state index contributed by atoms with van der Waals surface area (Å²) in [6.07, 6.45) is 2.54. The molecule has 1 aromatic heterocycles. The monoisotopic (exact) mass is 299 g/mol. The number of ether oxygens (including phenoxy) is 1. The highest BCUT2D eigenvalue weighted by Crippen LogP contribution is 2.18. The van der Waals surface area contributed by atoms with E-state index in [1.165, 1.54) is 0 Å². The van der Waals surface area contributed by atoms with Crippen molar-refractivity contribution in [1.82, 2.24) is 14.7 Å². The Labute approximate surface area is 130 Å². The predicted octanol–water partition coefficient (Wildman–Crippen LogP) is 2.30. The van der Waals surface area contributed by atoms with Crippen LogP contribution in [0, 0.1) is 0 Å². The van der Waals surface area contributed by atoms with Crippen molar-refractivity contribution < 1.29 is 9.53 Å². The number of carbonyl (C=O) groups excluding carboxylic acids is 1. The molecule has 1 aromatic carbocycles. The van der Waals surface area contributed by atoms with E-state index in [0.29, 0.717) is 25.3 Å². The number of aromatic nitrogens is 2. The molecule has 3 rings (SSSR count). The second-order valence-electron chi connectivity index (χ2n) is 5.54. The zero-order valence-corrected chi connectivity index (χ0v) is 13.0. The van der Waals surface area contributed by atoms with Crippen LogP contribution < -0.4 is 0 Å². The summed E-state index contributed by atoms with van der Waals surface area (Å²) in [5, 5.41) is 4.43. The quantitative estimate of drug-likeness (QED) is 0.873. The Kier molecular flexibility index (Phi) is 4.24. The molecule has 1 aliphatic rings. The van der Waals surface area contributed by atoms with Crippen molar-refractivity contribution >= 4 is 5.91 Å². The summed E-state index contributed by atoms with van der Waals surface area (Å²) in [4.78, 5) is 14.6. The standard InChI is InChI=1S/C17H21N3O2/c1-3-16-15(17(21)19-9-10-22-13(2)12-19)11-18-20(16)14-7-5-4-6-8-14/h4-8,11,13H,3,9-10,12H2,1-2H3. The van der Waals surface area contributed by atoms with Crippen LogP contribution >= 0.6 is 0 Å². The SMILES string of the molecule is CCc1c(C(=O)N2CCOC(C)C2)cnn1-c1ccccc1. The highest BCUT2D eigenvalue weighted by atomic mass is 16.5. The third-order valence-corrected chi connectivity index (χ3v) is 3.96. The molecule has 5 nitrogen and oxygen atoms in total. The number of benzene rings is 1. The van der Waals surface area contributed by atoms with Gasteiger partial charge in [-0.1, -0.05) is 25.1 Å². The Hall–Kier alpha value is -2.14. The third kappa shape index (κ3) is 2.76. The van der Waals surface area contributed by atoms with E-state index in [1.807, 2.05) is 46.8 Å². The maximum Gasteiger partial charge on any atom is 0.257 e. The summed E-state index contributed by atoms with van der Waals surface area (Å²) in [7, 11) is 0. The van der Waals surface area contributed by atoms with Crippen molar-refractivity contribution in [2.75, 3.05) is 19.7 Å². The third-order valence-electron chi connectivity index (χ3n) is 3.96. The lowest BCUT2D eigenvalue weighted by Gasteiger charge is -2.31. The first-order chi connectivity index (χ1) is 10.7. The molecule has 1 unspecified atom stereocenters. The second kappa shape index (κ2) is 6.32. The van der Waals surface area contributed by atoms with Gasteiger partial charge in [0.05, 0.1) is 35.9 Å². The molecule has 1 amide bonds. The molecule has 5 heteroatoms. The first-order valence-electron chi connectivity index (χ1n) is 7.74. The Bertz CT molecular complexity index is 651. The summed E-state index contributed by atoms with van der Waals surface area (Å²) in [5.74, 6) is 0.0502. The van der Waals surface area contributed by atoms with Crippen LogP contribution in [0.1, 0.15) is 29.9 Å². The van der Waals surface area contributed by atoms with E-state index < -0.39 is 0 Å². The summed E-state index contributed by atoms with van der Waals surface area (Å²) in [5.41, 5.74) is 2.63. The van der Waals surface area contributed by atoms with Crippen molar-refractivity contribution in [3.63, 3.8) is 0 Å². The Morgan fingerprint density at radius 3 is 2.82 bits per heavy atom.